The van der Waals surface area contributed by atoms with E-state index >= 15 is 8.78 Å². The van der Waals surface area contributed by atoms with E-state index in [1.54, 1.807) is 55.5 Å². The second-order valence-corrected chi connectivity index (χ2v) is 16.0. The third-order valence-corrected chi connectivity index (χ3v) is 12.7. The number of nitriles is 1. The molecule has 3 aromatic heterocycles. The van der Waals surface area contributed by atoms with Gasteiger partial charge in [-0.15, -0.1) is 0 Å². The molecule has 2 bridgehead atoms. The molecule has 2 aliphatic carbocycles. The molecule has 276 valence electrons. The van der Waals surface area contributed by atoms with Gasteiger partial charge in [0, 0.05) is 79.0 Å². The molecular formula is C41H37Cl2F2N7O2. The van der Waals surface area contributed by atoms with Gasteiger partial charge in [0.2, 0.25) is 0 Å². The van der Waals surface area contributed by atoms with Crippen molar-refractivity contribution < 1.29 is 18.4 Å². The van der Waals surface area contributed by atoms with Gasteiger partial charge in [-0.25, -0.2) is 13.8 Å². The zero-order valence-corrected chi connectivity index (χ0v) is 31.3. The van der Waals surface area contributed by atoms with Crippen LogP contribution in [0, 0.1) is 23.1 Å². The fourth-order valence-electron chi connectivity index (χ4n) is 9.03. The minimum absolute atomic E-state index is 0.0155. The Bertz CT molecular complexity index is 2440. The summed E-state index contributed by atoms with van der Waals surface area (Å²) in [5, 5.41) is 15.0. The number of rotatable bonds is 8. The minimum atomic E-state index is -1.83. The van der Waals surface area contributed by atoms with Crippen molar-refractivity contribution in [2.45, 2.75) is 68.7 Å². The molecular weight excluding hydrogens is 731 g/mol. The lowest BCUT2D eigenvalue weighted by atomic mass is 9.79. The molecule has 2 saturated carbocycles. The van der Waals surface area contributed by atoms with E-state index in [0.717, 1.165) is 25.1 Å². The number of fused-ring (bicyclic) bond motifs is 4. The fraction of sp³-hybridized carbons (Fsp3) is 0.390. The highest BCUT2D eigenvalue weighted by atomic mass is 35.5. The molecule has 2 amide bonds. The monoisotopic (exact) mass is 767 g/mol. The minimum Gasteiger partial charge on any atom is -0.343 e. The number of carbonyl (C=O) groups is 2. The Morgan fingerprint density at radius 3 is 2.63 bits per heavy atom. The van der Waals surface area contributed by atoms with Gasteiger partial charge < -0.3 is 19.7 Å². The predicted molar refractivity (Wildman–Crippen MR) is 204 cm³/mol. The molecule has 6 heterocycles. The average molecular weight is 769 g/mol. The van der Waals surface area contributed by atoms with Crippen LogP contribution in [0.1, 0.15) is 72.4 Å². The molecule has 3 saturated heterocycles. The number of aryl methyl sites for hydroxylation is 1. The first-order chi connectivity index (χ1) is 26.0. The van der Waals surface area contributed by atoms with Gasteiger partial charge in [0.15, 0.2) is 11.5 Å². The summed E-state index contributed by atoms with van der Waals surface area (Å²) in [6.07, 6.45) is 4.69. The first kappa shape index (κ1) is 35.1. The number of pyridine rings is 2. The fourth-order valence-corrected chi connectivity index (χ4v) is 9.42. The summed E-state index contributed by atoms with van der Waals surface area (Å²) in [5.74, 6) is -1.16. The number of hydrogen-bond donors (Lipinski definition) is 1. The zero-order valence-electron chi connectivity index (χ0n) is 29.8. The van der Waals surface area contributed by atoms with Gasteiger partial charge in [-0.2, -0.15) is 5.26 Å². The first-order valence-electron chi connectivity index (χ1n) is 18.4. The summed E-state index contributed by atoms with van der Waals surface area (Å²) in [7, 11) is 3.29. The van der Waals surface area contributed by atoms with E-state index in [4.69, 9.17) is 28.2 Å². The van der Waals surface area contributed by atoms with Crippen molar-refractivity contribution in [1.82, 2.24) is 29.7 Å². The van der Waals surface area contributed by atoms with E-state index in [9.17, 15) is 14.9 Å². The molecule has 0 spiro atoms. The van der Waals surface area contributed by atoms with E-state index in [2.05, 4.69) is 20.9 Å². The third-order valence-electron chi connectivity index (χ3n) is 11.8. The van der Waals surface area contributed by atoms with Gasteiger partial charge in [0.25, 0.3) is 11.8 Å². The second-order valence-electron chi connectivity index (χ2n) is 15.3. The molecule has 5 fully saturated rings. The van der Waals surface area contributed by atoms with Gasteiger partial charge in [-0.3, -0.25) is 14.6 Å². The standard InChI is InChI=1S/C41H37Cl2F2N7O2/c1-50(2)39(53)36-24(9-5-15-47-36)34-26-19-30(29-11-6-16-51(29)40(54)41(45)12-13-41)52(37-22-18-28(37)48-20-22)38(26)25-17-21(7-4-14-46)31(33(44)35(25)49-34)23-8-3-10-27(42)32(23)43/h3,5,8-10,15,17,19,22,28-29,37,48H,4,6-7,11-13,16,18,20H2,1-2H3/t22-,28-,29-,37+/m1/s1. The summed E-state index contributed by atoms with van der Waals surface area (Å²) >= 11 is 13.2. The summed E-state index contributed by atoms with van der Waals surface area (Å²) in [4.78, 5) is 40.0. The van der Waals surface area contributed by atoms with Crippen LogP contribution < -0.4 is 5.32 Å². The molecule has 0 radical (unpaired) electrons. The van der Waals surface area contributed by atoms with E-state index in [1.165, 1.54) is 4.90 Å². The van der Waals surface area contributed by atoms with Crippen LogP contribution in [0.3, 0.4) is 0 Å². The van der Waals surface area contributed by atoms with Crippen LogP contribution in [0.5, 0.6) is 0 Å². The first-order valence-corrected chi connectivity index (χ1v) is 19.2. The molecule has 3 aliphatic heterocycles. The van der Waals surface area contributed by atoms with Crippen LogP contribution in [0.2, 0.25) is 10.0 Å². The smallest absolute Gasteiger partial charge is 0.272 e. The molecule has 2 aromatic carbocycles. The van der Waals surface area contributed by atoms with E-state index in [-0.39, 0.29) is 76.4 Å². The van der Waals surface area contributed by atoms with Crippen LogP contribution in [0.15, 0.2) is 48.7 Å². The van der Waals surface area contributed by atoms with Crippen molar-refractivity contribution >= 4 is 56.8 Å². The van der Waals surface area contributed by atoms with Crippen LogP contribution in [-0.4, -0.2) is 75.0 Å². The average Bonchev–Trinajstić information content (AvgIpc) is 3.66. The highest BCUT2D eigenvalue weighted by Gasteiger charge is 2.55. The maximum atomic E-state index is 17.7. The predicted octanol–water partition coefficient (Wildman–Crippen LogP) is 8.22. The molecule has 10 rings (SSSR count). The number of likely N-dealkylation sites (tertiary alicyclic amines) is 1. The van der Waals surface area contributed by atoms with Crippen molar-refractivity contribution in [2.75, 3.05) is 27.2 Å². The number of amides is 2. The van der Waals surface area contributed by atoms with Gasteiger partial charge >= 0.3 is 0 Å². The summed E-state index contributed by atoms with van der Waals surface area (Å²) in [6, 6.07) is 14.4. The lowest BCUT2D eigenvalue weighted by molar-refractivity contribution is -0.139. The lowest BCUT2D eigenvalue weighted by Crippen LogP contribution is -2.42. The van der Waals surface area contributed by atoms with E-state index < -0.39 is 23.4 Å². The Hall–Kier alpha value is -4.63. The number of hydrogen-bond acceptors (Lipinski definition) is 6. The number of alkyl halides is 1. The molecule has 5 aromatic rings. The van der Waals surface area contributed by atoms with Crippen molar-refractivity contribution in [1.29, 1.82) is 5.26 Å². The number of nitrogens with one attached hydrogen (secondary N) is 1. The SMILES string of the molecule is CN(C)C(=O)c1ncccc1-c1nc2c(F)c(-c3cccc(Cl)c3Cl)c(CCC#N)cc2c2c1cc([C@H]1CCCN1C(=O)C1(F)CC1)n2[C@H]1[C@H]2CN[C@@H]1C2. The molecule has 0 unspecified atom stereocenters. The van der Waals surface area contributed by atoms with Crippen molar-refractivity contribution in [3.05, 3.63) is 81.5 Å². The van der Waals surface area contributed by atoms with Gasteiger partial charge in [-0.1, -0.05) is 35.3 Å². The Labute approximate surface area is 320 Å². The zero-order chi connectivity index (χ0) is 37.6. The number of benzene rings is 2. The van der Waals surface area contributed by atoms with Crippen LogP contribution >= 0.6 is 23.2 Å². The topological polar surface area (TPSA) is 107 Å². The van der Waals surface area contributed by atoms with Crippen LogP contribution in [-0.2, 0) is 11.2 Å². The molecule has 4 atom stereocenters. The number of halogens is 4. The number of carbonyl (C=O) groups excluding carboxylic acids is 2. The molecule has 13 heteroatoms. The van der Waals surface area contributed by atoms with E-state index in [1.807, 2.05) is 12.1 Å². The Morgan fingerprint density at radius 2 is 1.93 bits per heavy atom. The Morgan fingerprint density at radius 1 is 1.13 bits per heavy atom. The normalized spacial score (nSPS) is 22.4. The summed E-state index contributed by atoms with van der Waals surface area (Å²) in [5.41, 5.74) is 1.87. The summed E-state index contributed by atoms with van der Waals surface area (Å²) in [6.45, 7) is 1.26. The quantitative estimate of drug-likeness (QED) is 0.171. The third kappa shape index (κ3) is 5.32. The second kappa shape index (κ2) is 13.0. The Balaban J connectivity index is 1.41. The van der Waals surface area contributed by atoms with Crippen molar-refractivity contribution in [2.24, 2.45) is 5.92 Å². The van der Waals surface area contributed by atoms with Gasteiger partial charge in [-0.05, 0) is 80.3 Å². The molecule has 54 heavy (non-hydrogen) atoms. The highest BCUT2D eigenvalue weighted by Crippen LogP contribution is 2.52. The van der Waals surface area contributed by atoms with E-state index in [0.29, 0.717) is 51.6 Å². The number of nitrogens with zero attached hydrogens (tertiary/aromatic N) is 6. The van der Waals surface area contributed by atoms with Crippen LogP contribution in [0.25, 0.3) is 44.2 Å². The molecule has 9 nitrogen and oxygen atoms in total. The maximum Gasteiger partial charge on any atom is 0.272 e. The number of aromatic nitrogens is 3. The highest BCUT2D eigenvalue weighted by molar-refractivity contribution is 6.43. The molecule has 5 aliphatic rings. The van der Waals surface area contributed by atoms with Crippen molar-refractivity contribution in [3.63, 3.8) is 0 Å². The largest absolute Gasteiger partial charge is 0.343 e. The van der Waals surface area contributed by atoms with Gasteiger partial charge in [0.05, 0.1) is 39.4 Å². The Kier molecular flexibility index (Phi) is 8.45. The maximum absolute atomic E-state index is 17.7. The lowest BCUT2D eigenvalue weighted by Gasteiger charge is -2.39. The van der Waals surface area contributed by atoms with Gasteiger partial charge in [0.1, 0.15) is 11.2 Å². The van der Waals surface area contributed by atoms with Crippen molar-refractivity contribution in [3.8, 4) is 28.5 Å². The summed E-state index contributed by atoms with van der Waals surface area (Å²) < 4.78 is 35.4. The van der Waals surface area contributed by atoms with Crippen LogP contribution in [0.4, 0.5) is 8.78 Å². The molecule has 1 N–H and O–H groups in total.